The average molecular weight is 496 g/mol. The minimum absolute atomic E-state index is 0.0189. The summed E-state index contributed by atoms with van der Waals surface area (Å²) in [6.45, 7) is 5.37. The largest absolute Gasteiger partial charge is 0.465 e. The molecule has 0 saturated carbocycles. The Labute approximate surface area is 208 Å². The van der Waals surface area contributed by atoms with Crippen molar-refractivity contribution in [1.29, 1.82) is 0 Å². The molecule has 1 saturated heterocycles. The van der Waals surface area contributed by atoms with Crippen molar-refractivity contribution < 1.29 is 23.9 Å². The summed E-state index contributed by atoms with van der Waals surface area (Å²) in [5, 5.41) is 3.85. The van der Waals surface area contributed by atoms with E-state index < -0.39 is 5.97 Å². The number of hydrogen-bond donors (Lipinski definition) is 1. The standard InChI is InChI=1S/C26H29N3O5S/c1-17-12-29(13-18(2)34-17)25(31)15-28-14-23(21-6-4-5-7-22(21)28)35-16-24(30)27-20-10-8-19(9-11-20)26(32)33-3/h4-11,14,17-18H,12-13,15-16H2,1-3H3,(H,27,30)/t17-,18-/m1/s1. The normalized spacial score (nSPS) is 17.9. The molecule has 2 amide bonds. The van der Waals surface area contributed by atoms with Gasteiger partial charge in [0.15, 0.2) is 0 Å². The number of fused-ring (bicyclic) bond motifs is 1. The lowest BCUT2D eigenvalue weighted by Crippen LogP contribution is -2.49. The lowest BCUT2D eigenvalue weighted by atomic mass is 10.2. The highest BCUT2D eigenvalue weighted by atomic mass is 32.2. The third-order valence-corrected chi connectivity index (χ3v) is 6.82. The van der Waals surface area contributed by atoms with Gasteiger partial charge in [0, 0.05) is 40.8 Å². The van der Waals surface area contributed by atoms with Crippen LogP contribution in [0, 0.1) is 0 Å². The average Bonchev–Trinajstić information content (AvgIpc) is 3.19. The molecule has 9 heteroatoms. The topological polar surface area (TPSA) is 89.9 Å². The molecule has 0 radical (unpaired) electrons. The number of carbonyl (C=O) groups excluding carboxylic acids is 3. The van der Waals surface area contributed by atoms with Crippen molar-refractivity contribution in [3.63, 3.8) is 0 Å². The van der Waals surface area contributed by atoms with E-state index >= 15 is 0 Å². The van der Waals surface area contributed by atoms with Gasteiger partial charge in [0.2, 0.25) is 11.8 Å². The van der Waals surface area contributed by atoms with Gasteiger partial charge in [-0.15, -0.1) is 11.8 Å². The quantitative estimate of drug-likeness (QED) is 0.396. The van der Waals surface area contributed by atoms with Crippen LogP contribution >= 0.6 is 11.8 Å². The van der Waals surface area contributed by atoms with E-state index in [2.05, 4.69) is 10.1 Å². The van der Waals surface area contributed by atoms with Crippen LogP contribution in [-0.4, -0.2) is 65.4 Å². The van der Waals surface area contributed by atoms with Crippen molar-refractivity contribution in [2.75, 3.05) is 31.3 Å². The Morgan fingerprint density at radius 2 is 1.74 bits per heavy atom. The van der Waals surface area contributed by atoms with E-state index in [4.69, 9.17) is 4.74 Å². The summed E-state index contributed by atoms with van der Waals surface area (Å²) in [5.41, 5.74) is 1.98. The third-order valence-electron chi connectivity index (χ3n) is 5.78. The molecular formula is C26H29N3O5S. The molecule has 1 N–H and O–H groups in total. The molecule has 0 unspecified atom stereocenters. The fourth-order valence-corrected chi connectivity index (χ4v) is 5.12. The highest BCUT2D eigenvalue weighted by molar-refractivity contribution is 8.00. The van der Waals surface area contributed by atoms with Gasteiger partial charge in [0.1, 0.15) is 6.54 Å². The molecular weight excluding hydrogens is 466 g/mol. The number of amides is 2. The van der Waals surface area contributed by atoms with Gasteiger partial charge < -0.3 is 24.3 Å². The maximum atomic E-state index is 13.0. The van der Waals surface area contributed by atoms with Crippen LogP contribution in [0.4, 0.5) is 5.69 Å². The summed E-state index contributed by atoms with van der Waals surface area (Å²) in [4.78, 5) is 39.9. The van der Waals surface area contributed by atoms with E-state index in [1.54, 1.807) is 24.3 Å². The van der Waals surface area contributed by atoms with Crippen LogP contribution in [0.3, 0.4) is 0 Å². The van der Waals surface area contributed by atoms with Crippen molar-refractivity contribution in [2.45, 2.75) is 37.5 Å². The van der Waals surface area contributed by atoms with Crippen LogP contribution in [0.2, 0.25) is 0 Å². The second-order valence-electron chi connectivity index (χ2n) is 8.60. The lowest BCUT2D eigenvalue weighted by molar-refractivity contribution is -0.143. The number of rotatable bonds is 7. The molecule has 8 nitrogen and oxygen atoms in total. The Bertz CT molecular complexity index is 1210. The van der Waals surface area contributed by atoms with E-state index in [-0.39, 0.29) is 36.3 Å². The number of esters is 1. The fraction of sp³-hybridized carbons (Fsp3) is 0.346. The summed E-state index contributed by atoms with van der Waals surface area (Å²) in [7, 11) is 1.33. The number of carbonyl (C=O) groups is 3. The summed E-state index contributed by atoms with van der Waals surface area (Å²) in [6.07, 6.45) is 1.98. The second-order valence-corrected chi connectivity index (χ2v) is 9.62. The number of benzene rings is 2. The predicted octanol–water partition coefficient (Wildman–Crippen LogP) is 3.79. The summed E-state index contributed by atoms with van der Waals surface area (Å²) in [5.74, 6) is -0.326. The highest BCUT2D eigenvalue weighted by Gasteiger charge is 2.26. The molecule has 2 aromatic carbocycles. The SMILES string of the molecule is COC(=O)c1ccc(NC(=O)CSc2cn(CC(=O)N3C[C@@H](C)O[C@H](C)C3)c3ccccc23)cc1. The predicted molar refractivity (Wildman–Crippen MR) is 136 cm³/mol. The number of nitrogens with zero attached hydrogens (tertiary/aromatic N) is 2. The Morgan fingerprint density at radius 3 is 2.43 bits per heavy atom. The van der Waals surface area contributed by atoms with Gasteiger partial charge in [-0.05, 0) is 44.2 Å². The number of morpholine rings is 1. The van der Waals surface area contributed by atoms with E-state index in [9.17, 15) is 14.4 Å². The number of aromatic nitrogens is 1. The van der Waals surface area contributed by atoms with Crippen LogP contribution in [0.5, 0.6) is 0 Å². The first-order chi connectivity index (χ1) is 16.8. The van der Waals surface area contributed by atoms with E-state index in [0.717, 1.165) is 15.8 Å². The molecule has 0 bridgehead atoms. The third kappa shape index (κ3) is 6.04. The molecule has 1 aliphatic rings. The summed E-state index contributed by atoms with van der Waals surface area (Å²) >= 11 is 1.42. The molecule has 4 rings (SSSR count). The molecule has 35 heavy (non-hydrogen) atoms. The molecule has 2 atom stereocenters. The maximum absolute atomic E-state index is 13.0. The Morgan fingerprint density at radius 1 is 1.06 bits per heavy atom. The van der Waals surface area contributed by atoms with E-state index in [1.807, 2.05) is 53.8 Å². The first-order valence-corrected chi connectivity index (χ1v) is 12.4. The van der Waals surface area contributed by atoms with Gasteiger partial charge in [-0.3, -0.25) is 9.59 Å². The van der Waals surface area contributed by atoms with Gasteiger partial charge in [-0.2, -0.15) is 0 Å². The Balaban J connectivity index is 1.41. The zero-order valence-corrected chi connectivity index (χ0v) is 20.8. The van der Waals surface area contributed by atoms with E-state index in [1.165, 1.54) is 18.9 Å². The maximum Gasteiger partial charge on any atom is 0.337 e. The molecule has 0 aliphatic carbocycles. The van der Waals surface area contributed by atoms with Crippen LogP contribution < -0.4 is 5.32 Å². The van der Waals surface area contributed by atoms with Crippen molar-refractivity contribution >= 4 is 46.1 Å². The molecule has 0 spiro atoms. The summed E-state index contributed by atoms with van der Waals surface area (Å²) in [6, 6.07) is 14.4. The van der Waals surface area contributed by atoms with E-state index in [0.29, 0.717) is 24.3 Å². The number of ether oxygens (including phenoxy) is 2. The number of hydrogen-bond acceptors (Lipinski definition) is 6. The molecule has 1 fully saturated rings. The second kappa shape index (κ2) is 11.0. The number of thioether (sulfide) groups is 1. The highest BCUT2D eigenvalue weighted by Crippen LogP contribution is 2.30. The van der Waals surface area contributed by atoms with Crippen LogP contribution in [-0.2, 0) is 25.6 Å². The molecule has 1 aliphatic heterocycles. The van der Waals surface area contributed by atoms with Crippen molar-refractivity contribution in [2.24, 2.45) is 0 Å². The number of para-hydroxylation sites is 1. The van der Waals surface area contributed by atoms with Crippen LogP contribution in [0.15, 0.2) is 59.6 Å². The monoisotopic (exact) mass is 495 g/mol. The minimum atomic E-state index is -0.425. The molecule has 1 aromatic heterocycles. The lowest BCUT2D eigenvalue weighted by Gasteiger charge is -2.35. The smallest absolute Gasteiger partial charge is 0.337 e. The summed E-state index contributed by atoms with van der Waals surface area (Å²) < 4.78 is 12.4. The molecule has 2 heterocycles. The van der Waals surface area contributed by atoms with Crippen LogP contribution in [0.25, 0.3) is 10.9 Å². The van der Waals surface area contributed by atoms with Crippen molar-refractivity contribution in [3.05, 3.63) is 60.3 Å². The van der Waals surface area contributed by atoms with Crippen molar-refractivity contribution in [1.82, 2.24) is 9.47 Å². The first-order valence-electron chi connectivity index (χ1n) is 11.5. The van der Waals surface area contributed by atoms with Gasteiger partial charge in [0.25, 0.3) is 0 Å². The van der Waals surface area contributed by atoms with Gasteiger partial charge in [-0.25, -0.2) is 4.79 Å². The molecule has 184 valence electrons. The fourth-order valence-electron chi connectivity index (χ4n) is 4.23. The Hall–Kier alpha value is -3.30. The molecule has 3 aromatic rings. The number of anilines is 1. The number of nitrogens with one attached hydrogen (secondary N) is 1. The van der Waals surface area contributed by atoms with Crippen LogP contribution in [0.1, 0.15) is 24.2 Å². The van der Waals surface area contributed by atoms with Gasteiger partial charge >= 0.3 is 5.97 Å². The van der Waals surface area contributed by atoms with Gasteiger partial charge in [-0.1, -0.05) is 18.2 Å². The minimum Gasteiger partial charge on any atom is -0.465 e. The Kier molecular flexibility index (Phi) is 7.77. The zero-order chi connectivity index (χ0) is 24.9. The van der Waals surface area contributed by atoms with Crippen molar-refractivity contribution in [3.8, 4) is 0 Å². The first kappa shape index (κ1) is 24.8. The van der Waals surface area contributed by atoms with Gasteiger partial charge in [0.05, 0.1) is 30.6 Å². The zero-order valence-electron chi connectivity index (χ0n) is 20.0. The number of methoxy groups -OCH3 is 1.